The third-order valence-electron chi connectivity index (χ3n) is 6.11. The average molecular weight is 529 g/mol. The van der Waals surface area contributed by atoms with E-state index in [1.165, 1.54) is 4.31 Å². The van der Waals surface area contributed by atoms with Gasteiger partial charge in [0, 0.05) is 10.6 Å². The van der Waals surface area contributed by atoms with Gasteiger partial charge in [-0.2, -0.15) is 0 Å². The molecule has 0 bridgehead atoms. The number of rotatable bonds is 9. The van der Waals surface area contributed by atoms with E-state index in [1.807, 2.05) is 19.9 Å². The van der Waals surface area contributed by atoms with Gasteiger partial charge in [-0.1, -0.05) is 37.6 Å². The van der Waals surface area contributed by atoms with Crippen LogP contribution in [-0.4, -0.2) is 27.7 Å². The van der Waals surface area contributed by atoms with Crippen molar-refractivity contribution in [3.8, 4) is 5.75 Å². The number of hydrogen-bond acceptors (Lipinski definition) is 4. The Morgan fingerprint density at radius 3 is 2.14 bits per heavy atom. The number of halogens is 1. The molecule has 0 saturated heterocycles. The molecule has 1 amide bonds. The number of nitrogens with one attached hydrogen (secondary N) is 1. The lowest BCUT2D eigenvalue weighted by Crippen LogP contribution is -2.30. The van der Waals surface area contributed by atoms with E-state index >= 15 is 0 Å². The standard InChI is InChI=1S/C28H33ClN2O4S/c1-18(2)25-16-26(19(3)15-27(25)35-5)20(4)30-28(32)22-9-13-24(14-10-22)31(36(6,33)34)17-21-7-11-23(29)12-8-21/h7-16,18,20H,17H2,1-6H3,(H,30,32)/t20-/m0/s1. The maximum Gasteiger partial charge on any atom is 0.251 e. The maximum absolute atomic E-state index is 13.0. The minimum Gasteiger partial charge on any atom is -0.496 e. The van der Waals surface area contributed by atoms with Gasteiger partial charge in [0.25, 0.3) is 5.91 Å². The molecule has 1 N–H and O–H groups in total. The van der Waals surface area contributed by atoms with E-state index in [-0.39, 0.29) is 24.4 Å². The van der Waals surface area contributed by atoms with Crippen molar-refractivity contribution in [2.45, 2.75) is 46.2 Å². The molecule has 3 rings (SSSR count). The largest absolute Gasteiger partial charge is 0.496 e. The Bertz CT molecular complexity index is 1320. The number of anilines is 1. The van der Waals surface area contributed by atoms with E-state index in [0.717, 1.165) is 34.3 Å². The molecule has 36 heavy (non-hydrogen) atoms. The normalized spacial score (nSPS) is 12.3. The van der Waals surface area contributed by atoms with Gasteiger partial charge in [-0.25, -0.2) is 8.42 Å². The number of aryl methyl sites for hydroxylation is 1. The zero-order valence-corrected chi connectivity index (χ0v) is 23.1. The monoisotopic (exact) mass is 528 g/mol. The highest BCUT2D eigenvalue weighted by atomic mass is 35.5. The second-order valence-electron chi connectivity index (χ2n) is 9.24. The topological polar surface area (TPSA) is 75.7 Å². The Labute approximate surface area is 219 Å². The number of sulfonamides is 1. The molecular weight excluding hydrogens is 496 g/mol. The van der Waals surface area contributed by atoms with Gasteiger partial charge in [0.15, 0.2) is 0 Å². The zero-order chi connectivity index (χ0) is 26.6. The molecule has 6 nitrogen and oxygen atoms in total. The first-order valence-electron chi connectivity index (χ1n) is 11.7. The predicted molar refractivity (Wildman–Crippen MR) is 147 cm³/mol. The smallest absolute Gasteiger partial charge is 0.251 e. The summed E-state index contributed by atoms with van der Waals surface area (Å²) >= 11 is 5.95. The lowest BCUT2D eigenvalue weighted by molar-refractivity contribution is 0.0940. The summed E-state index contributed by atoms with van der Waals surface area (Å²) in [7, 11) is -1.88. The lowest BCUT2D eigenvalue weighted by Gasteiger charge is -2.23. The van der Waals surface area contributed by atoms with Crippen LogP contribution >= 0.6 is 11.6 Å². The third-order valence-corrected chi connectivity index (χ3v) is 7.50. The van der Waals surface area contributed by atoms with Gasteiger partial charge < -0.3 is 10.1 Å². The molecule has 1 atom stereocenters. The number of hydrogen-bond donors (Lipinski definition) is 1. The second-order valence-corrected chi connectivity index (χ2v) is 11.6. The summed E-state index contributed by atoms with van der Waals surface area (Å²) in [5.74, 6) is 0.883. The Morgan fingerprint density at radius 1 is 1.00 bits per heavy atom. The Kier molecular flexibility index (Phi) is 8.69. The van der Waals surface area contributed by atoms with Gasteiger partial charge >= 0.3 is 0 Å². The molecule has 0 fully saturated rings. The molecule has 0 aliphatic heterocycles. The van der Waals surface area contributed by atoms with Crippen molar-refractivity contribution in [1.82, 2.24) is 5.32 Å². The van der Waals surface area contributed by atoms with Crippen molar-refractivity contribution in [3.05, 3.63) is 93.5 Å². The fraction of sp³-hybridized carbons (Fsp3) is 0.321. The van der Waals surface area contributed by atoms with E-state index in [4.69, 9.17) is 16.3 Å². The highest BCUT2D eigenvalue weighted by molar-refractivity contribution is 7.92. The second kappa shape index (κ2) is 11.4. The molecule has 0 aromatic heterocycles. The molecule has 192 valence electrons. The first-order valence-corrected chi connectivity index (χ1v) is 13.9. The molecule has 0 unspecified atom stereocenters. The van der Waals surface area contributed by atoms with Gasteiger partial charge in [0.1, 0.15) is 5.75 Å². The van der Waals surface area contributed by atoms with Crippen LogP contribution < -0.4 is 14.4 Å². The van der Waals surface area contributed by atoms with Crippen LogP contribution in [0, 0.1) is 6.92 Å². The first kappa shape index (κ1) is 27.6. The molecular formula is C28H33ClN2O4S. The van der Waals surface area contributed by atoms with E-state index in [0.29, 0.717) is 16.3 Å². The molecule has 8 heteroatoms. The fourth-order valence-electron chi connectivity index (χ4n) is 4.10. The molecule has 0 aliphatic rings. The average Bonchev–Trinajstić information content (AvgIpc) is 2.82. The molecule has 0 aliphatic carbocycles. The number of carbonyl (C=O) groups is 1. The number of nitrogens with zero attached hydrogens (tertiary/aromatic N) is 1. The molecule has 3 aromatic carbocycles. The summed E-state index contributed by atoms with van der Waals surface area (Å²) in [4.78, 5) is 13.0. The highest BCUT2D eigenvalue weighted by Crippen LogP contribution is 2.32. The highest BCUT2D eigenvalue weighted by Gasteiger charge is 2.20. The summed E-state index contributed by atoms with van der Waals surface area (Å²) in [6.07, 6.45) is 1.16. The fourth-order valence-corrected chi connectivity index (χ4v) is 5.12. The Hall–Kier alpha value is -3.03. The van der Waals surface area contributed by atoms with Crippen LogP contribution in [0.1, 0.15) is 65.3 Å². The first-order chi connectivity index (χ1) is 16.9. The van der Waals surface area contributed by atoms with Crippen LogP contribution in [0.2, 0.25) is 5.02 Å². The van der Waals surface area contributed by atoms with Gasteiger partial charge in [0.05, 0.1) is 31.6 Å². The number of benzene rings is 3. The van der Waals surface area contributed by atoms with E-state index in [2.05, 4.69) is 25.2 Å². The van der Waals surface area contributed by atoms with Crippen molar-refractivity contribution in [1.29, 1.82) is 0 Å². The molecule has 0 radical (unpaired) electrons. The van der Waals surface area contributed by atoms with Gasteiger partial charge in [-0.3, -0.25) is 9.10 Å². The lowest BCUT2D eigenvalue weighted by atomic mass is 9.93. The maximum atomic E-state index is 13.0. The van der Waals surface area contributed by atoms with Crippen LogP contribution in [0.15, 0.2) is 60.7 Å². The summed E-state index contributed by atoms with van der Waals surface area (Å²) < 4.78 is 31.8. The van der Waals surface area contributed by atoms with Crippen LogP contribution in [0.3, 0.4) is 0 Å². The molecule has 0 saturated carbocycles. The number of carbonyl (C=O) groups excluding carboxylic acids is 1. The summed E-state index contributed by atoms with van der Waals surface area (Å²) in [5, 5.41) is 3.64. The SMILES string of the molecule is COc1cc(C)c([C@H](C)NC(=O)c2ccc(N(Cc3ccc(Cl)cc3)S(C)(=O)=O)cc2)cc1C(C)C. The zero-order valence-electron chi connectivity index (χ0n) is 21.5. The molecule has 3 aromatic rings. The van der Waals surface area contributed by atoms with Gasteiger partial charge in [-0.15, -0.1) is 0 Å². The molecule has 0 spiro atoms. The number of amides is 1. The van der Waals surface area contributed by atoms with Crippen LogP contribution in [0.4, 0.5) is 5.69 Å². The van der Waals surface area contributed by atoms with Gasteiger partial charge in [-0.05, 0) is 90.6 Å². The minimum absolute atomic E-state index is 0.160. The summed E-state index contributed by atoms with van der Waals surface area (Å²) in [6.45, 7) is 8.32. The van der Waals surface area contributed by atoms with E-state index in [1.54, 1.807) is 55.6 Å². The van der Waals surface area contributed by atoms with Crippen molar-refractivity contribution in [2.75, 3.05) is 17.7 Å². The van der Waals surface area contributed by atoms with Gasteiger partial charge in [0.2, 0.25) is 10.0 Å². The quantitative estimate of drug-likeness (QED) is 0.357. The van der Waals surface area contributed by atoms with E-state index in [9.17, 15) is 13.2 Å². The van der Waals surface area contributed by atoms with Crippen molar-refractivity contribution in [3.63, 3.8) is 0 Å². The van der Waals surface area contributed by atoms with Crippen molar-refractivity contribution >= 4 is 33.2 Å². The third kappa shape index (κ3) is 6.59. The number of methoxy groups -OCH3 is 1. The van der Waals surface area contributed by atoms with E-state index < -0.39 is 10.0 Å². The minimum atomic E-state index is -3.55. The van der Waals surface area contributed by atoms with Crippen LogP contribution in [0.25, 0.3) is 0 Å². The van der Waals surface area contributed by atoms with Crippen LogP contribution in [0.5, 0.6) is 5.75 Å². The predicted octanol–water partition coefficient (Wildman–Crippen LogP) is 6.24. The van der Waals surface area contributed by atoms with Crippen LogP contribution in [-0.2, 0) is 16.6 Å². The summed E-state index contributed by atoms with van der Waals surface area (Å²) in [5.41, 5.74) is 4.87. The summed E-state index contributed by atoms with van der Waals surface area (Å²) in [6, 6.07) is 17.5. The Morgan fingerprint density at radius 2 is 1.61 bits per heavy atom. The molecule has 0 heterocycles. The Balaban J connectivity index is 1.79. The number of ether oxygens (including phenoxy) is 1. The van der Waals surface area contributed by atoms with Crippen molar-refractivity contribution in [2.24, 2.45) is 0 Å². The van der Waals surface area contributed by atoms with Crippen molar-refractivity contribution < 1.29 is 17.9 Å².